The van der Waals surface area contributed by atoms with Crippen molar-refractivity contribution in [3.63, 3.8) is 0 Å². The molecular weight excluding hydrogens is 234 g/mol. The summed E-state index contributed by atoms with van der Waals surface area (Å²) in [7, 11) is 0. The normalized spacial score (nSPS) is 10.7. The monoisotopic (exact) mass is 249 g/mol. The number of rotatable bonds is 5. The van der Waals surface area contributed by atoms with Crippen molar-refractivity contribution in [2.45, 2.75) is 26.3 Å². The van der Waals surface area contributed by atoms with Crippen molar-refractivity contribution in [2.75, 3.05) is 6.61 Å². The lowest BCUT2D eigenvalue weighted by Crippen LogP contribution is -2.26. The van der Waals surface area contributed by atoms with Gasteiger partial charge in [-0.3, -0.25) is 9.59 Å². The molecule has 0 fully saturated rings. The Morgan fingerprint density at radius 3 is 3.06 bits per heavy atom. The molecule has 2 heterocycles. The van der Waals surface area contributed by atoms with Crippen LogP contribution in [0.3, 0.4) is 0 Å². The molecule has 0 spiro atoms. The number of esters is 1. The molecule has 96 valence electrons. The van der Waals surface area contributed by atoms with Gasteiger partial charge in [-0.2, -0.15) is 5.10 Å². The number of hydrogen-bond acceptors (Lipinski definition) is 4. The van der Waals surface area contributed by atoms with E-state index in [4.69, 9.17) is 4.74 Å². The van der Waals surface area contributed by atoms with E-state index in [1.54, 1.807) is 18.5 Å². The van der Waals surface area contributed by atoms with Gasteiger partial charge in [0.2, 0.25) is 0 Å². The van der Waals surface area contributed by atoms with Gasteiger partial charge >= 0.3 is 5.97 Å². The zero-order valence-corrected chi connectivity index (χ0v) is 10.2. The van der Waals surface area contributed by atoms with E-state index in [0.717, 1.165) is 12.8 Å². The fourth-order valence-corrected chi connectivity index (χ4v) is 1.60. The molecule has 2 rings (SSSR count). The number of unbranched alkanes of at least 4 members (excludes halogenated alkanes) is 1. The number of aromatic nitrogens is 3. The summed E-state index contributed by atoms with van der Waals surface area (Å²) in [6.07, 6.45) is 6.51. The largest absolute Gasteiger partial charge is 0.464 e. The highest BCUT2D eigenvalue weighted by Crippen LogP contribution is 1.96. The molecular formula is C12H15N3O3. The summed E-state index contributed by atoms with van der Waals surface area (Å²) >= 11 is 0. The van der Waals surface area contributed by atoms with Gasteiger partial charge in [0.15, 0.2) is 0 Å². The molecule has 0 bridgehead atoms. The van der Waals surface area contributed by atoms with Crippen molar-refractivity contribution < 1.29 is 9.53 Å². The minimum atomic E-state index is -0.394. The van der Waals surface area contributed by atoms with Gasteiger partial charge in [0.05, 0.1) is 12.8 Å². The molecule has 0 radical (unpaired) electrons. The number of fused-ring (bicyclic) bond motifs is 1. The molecule has 6 heteroatoms. The lowest BCUT2D eigenvalue weighted by atomic mass is 10.4. The van der Waals surface area contributed by atoms with Gasteiger partial charge in [0, 0.05) is 12.4 Å². The van der Waals surface area contributed by atoms with Gasteiger partial charge in [0.1, 0.15) is 12.1 Å². The molecule has 2 aromatic heterocycles. The van der Waals surface area contributed by atoms with Crippen molar-refractivity contribution in [3.05, 3.63) is 35.0 Å². The Hall–Kier alpha value is -2.11. The molecule has 0 aliphatic heterocycles. The molecule has 0 saturated heterocycles. The number of ether oxygens (including phenoxy) is 1. The van der Waals surface area contributed by atoms with Crippen molar-refractivity contribution >= 4 is 11.5 Å². The van der Waals surface area contributed by atoms with E-state index in [1.165, 1.54) is 15.3 Å². The summed E-state index contributed by atoms with van der Waals surface area (Å²) < 4.78 is 7.81. The molecule has 0 N–H and O–H groups in total. The molecule has 0 aliphatic rings. The maximum absolute atomic E-state index is 11.9. The van der Waals surface area contributed by atoms with Crippen LogP contribution in [0.1, 0.15) is 19.8 Å². The van der Waals surface area contributed by atoms with Gasteiger partial charge in [0.25, 0.3) is 5.56 Å². The highest BCUT2D eigenvalue weighted by molar-refractivity contribution is 5.69. The summed E-state index contributed by atoms with van der Waals surface area (Å²) in [5.41, 5.74) is 0.196. The Balaban J connectivity index is 2.09. The van der Waals surface area contributed by atoms with Gasteiger partial charge in [-0.1, -0.05) is 13.3 Å². The molecule has 2 aromatic rings. The summed E-state index contributed by atoms with van der Waals surface area (Å²) in [4.78, 5) is 23.5. The van der Waals surface area contributed by atoms with Crippen molar-refractivity contribution in [3.8, 4) is 0 Å². The average molecular weight is 249 g/mol. The Labute approximate surface area is 104 Å². The summed E-state index contributed by atoms with van der Waals surface area (Å²) in [6, 6.07) is 1.61. The van der Waals surface area contributed by atoms with Crippen molar-refractivity contribution in [2.24, 2.45) is 0 Å². The number of hydrogen-bond donors (Lipinski definition) is 0. The maximum atomic E-state index is 11.9. The number of nitrogens with zero attached hydrogens (tertiary/aromatic N) is 3. The third-order valence-electron chi connectivity index (χ3n) is 2.60. The van der Waals surface area contributed by atoms with Crippen LogP contribution in [-0.4, -0.2) is 26.8 Å². The Morgan fingerprint density at radius 2 is 2.28 bits per heavy atom. The highest BCUT2D eigenvalue weighted by Gasteiger charge is 2.08. The van der Waals surface area contributed by atoms with Crippen LogP contribution in [-0.2, 0) is 16.1 Å². The van der Waals surface area contributed by atoms with Crippen LogP contribution in [0.4, 0.5) is 0 Å². The average Bonchev–Trinajstić information content (AvgIpc) is 2.82. The Morgan fingerprint density at radius 1 is 1.44 bits per heavy atom. The van der Waals surface area contributed by atoms with Crippen LogP contribution in [0.5, 0.6) is 0 Å². The van der Waals surface area contributed by atoms with Crippen LogP contribution in [0.2, 0.25) is 0 Å². The first kappa shape index (κ1) is 12.3. The van der Waals surface area contributed by atoms with E-state index in [2.05, 4.69) is 5.10 Å². The molecule has 0 atom stereocenters. The van der Waals surface area contributed by atoms with Crippen LogP contribution in [0, 0.1) is 0 Å². The van der Waals surface area contributed by atoms with Gasteiger partial charge in [-0.15, -0.1) is 0 Å². The van der Waals surface area contributed by atoms with E-state index >= 15 is 0 Å². The molecule has 0 amide bonds. The zero-order valence-electron chi connectivity index (χ0n) is 10.2. The quantitative estimate of drug-likeness (QED) is 0.581. The summed E-state index contributed by atoms with van der Waals surface area (Å²) in [6.45, 7) is 2.36. The summed E-state index contributed by atoms with van der Waals surface area (Å²) in [5, 5.41) is 3.95. The second-order valence-electron chi connectivity index (χ2n) is 3.97. The van der Waals surface area contributed by atoms with E-state index in [-0.39, 0.29) is 12.1 Å². The third-order valence-corrected chi connectivity index (χ3v) is 2.60. The third kappa shape index (κ3) is 2.58. The lowest BCUT2D eigenvalue weighted by Gasteiger charge is -2.06. The molecule has 0 unspecified atom stereocenters. The number of carbonyl (C=O) groups excluding carboxylic acids is 1. The SMILES string of the molecule is CCCCOC(=O)Cn1ccn2nccc2c1=O. The molecule has 18 heavy (non-hydrogen) atoms. The van der Waals surface area contributed by atoms with E-state index in [9.17, 15) is 9.59 Å². The predicted octanol–water partition coefficient (Wildman–Crippen LogP) is 0.839. The van der Waals surface area contributed by atoms with Crippen molar-refractivity contribution in [1.29, 1.82) is 0 Å². The standard InChI is InChI=1S/C12H15N3O3/c1-2-3-8-18-11(16)9-14-6-7-15-10(12(14)17)4-5-13-15/h4-7H,2-3,8-9H2,1H3. The molecule has 6 nitrogen and oxygen atoms in total. The zero-order chi connectivity index (χ0) is 13.0. The second kappa shape index (κ2) is 5.48. The van der Waals surface area contributed by atoms with Crippen LogP contribution in [0.25, 0.3) is 5.52 Å². The first-order chi connectivity index (χ1) is 8.72. The van der Waals surface area contributed by atoms with Crippen LogP contribution < -0.4 is 5.56 Å². The number of carbonyl (C=O) groups is 1. The van der Waals surface area contributed by atoms with Gasteiger partial charge < -0.3 is 9.30 Å². The minimum absolute atomic E-state index is 0.0653. The maximum Gasteiger partial charge on any atom is 0.326 e. The topological polar surface area (TPSA) is 65.6 Å². The Kier molecular flexibility index (Phi) is 3.76. The highest BCUT2D eigenvalue weighted by atomic mass is 16.5. The second-order valence-corrected chi connectivity index (χ2v) is 3.97. The molecule has 0 saturated carbocycles. The minimum Gasteiger partial charge on any atom is -0.464 e. The van der Waals surface area contributed by atoms with Gasteiger partial charge in [-0.25, -0.2) is 4.52 Å². The van der Waals surface area contributed by atoms with E-state index in [0.29, 0.717) is 12.1 Å². The predicted molar refractivity (Wildman–Crippen MR) is 65.3 cm³/mol. The lowest BCUT2D eigenvalue weighted by molar-refractivity contribution is -0.144. The molecule has 0 aliphatic carbocycles. The first-order valence-corrected chi connectivity index (χ1v) is 5.91. The van der Waals surface area contributed by atoms with Gasteiger partial charge in [-0.05, 0) is 12.5 Å². The first-order valence-electron chi connectivity index (χ1n) is 5.91. The van der Waals surface area contributed by atoms with E-state index in [1.807, 2.05) is 6.92 Å². The van der Waals surface area contributed by atoms with Crippen LogP contribution >= 0.6 is 0 Å². The Bertz CT molecular complexity index is 600. The fourth-order valence-electron chi connectivity index (χ4n) is 1.60. The summed E-state index contributed by atoms with van der Waals surface area (Å²) in [5.74, 6) is -0.394. The fraction of sp³-hybridized carbons (Fsp3) is 0.417. The van der Waals surface area contributed by atoms with Crippen LogP contribution in [0.15, 0.2) is 29.5 Å². The smallest absolute Gasteiger partial charge is 0.326 e. The van der Waals surface area contributed by atoms with Crippen molar-refractivity contribution in [1.82, 2.24) is 14.2 Å². The molecule has 0 aromatic carbocycles. The van der Waals surface area contributed by atoms with E-state index < -0.39 is 5.97 Å².